The first kappa shape index (κ1) is 24.9. The number of rotatable bonds is 5. The first-order valence-corrected chi connectivity index (χ1v) is 14.5. The molecule has 5 heteroatoms. The van der Waals surface area contributed by atoms with Crippen molar-refractivity contribution in [2.24, 2.45) is 52.3 Å². The fourth-order valence-electron chi connectivity index (χ4n) is 10.1. The summed E-state index contributed by atoms with van der Waals surface area (Å²) in [5, 5.41) is 22.3. The number of aliphatic hydroxyl groups is 2. The fourth-order valence-corrected chi connectivity index (χ4v) is 10.1. The SMILES string of the molecule is CC[C@H]1[C@@H](O)[C@@H]2[C@H](CC[C@]3(C)C([C@H](C)CCOC(=O)N4CCC4)CC[C@@H]23)[C@@]2(C)CC[C@@H](O)C[C@@H]12. The van der Waals surface area contributed by atoms with Crippen LogP contribution in [0.4, 0.5) is 4.79 Å². The summed E-state index contributed by atoms with van der Waals surface area (Å²) in [6.45, 7) is 11.9. The first-order valence-electron chi connectivity index (χ1n) is 14.5. The third-order valence-corrected chi connectivity index (χ3v) is 12.1. The highest BCUT2D eigenvalue weighted by atomic mass is 16.6. The van der Waals surface area contributed by atoms with Crippen LogP contribution in [-0.4, -0.2) is 53.1 Å². The van der Waals surface area contributed by atoms with Gasteiger partial charge in [-0.2, -0.15) is 0 Å². The standard InChI is InChI=1S/C29H49NO4/c1-5-20-24-17-19(31)9-12-29(24,4)23-10-13-28(3)21(7-8-22(28)25(23)26(20)32)18(2)11-16-34-27(33)30-14-6-15-30/h18-26,31-32H,5-17H2,1-4H3/t18-,19-,20-,21?,22+,23+,24+,25+,26-,28-,29-/m1/s1. The summed E-state index contributed by atoms with van der Waals surface area (Å²) in [5.41, 5.74) is 0.540. The smallest absolute Gasteiger partial charge is 0.409 e. The lowest BCUT2D eigenvalue weighted by Crippen LogP contribution is -2.62. The maximum atomic E-state index is 12.1. The van der Waals surface area contributed by atoms with E-state index in [1.165, 1.54) is 25.7 Å². The second-order valence-corrected chi connectivity index (χ2v) is 13.3. The zero-order chi connectivity index (χ0) is 24.3. The normalized spacial score (nSPS) is 48.8. The Bertz CT molecular complexity index is 754. The lowest BCUT2D eigenvalue weighted by molar-refractivity contribution is -0.203. The van der Waals surface area contributed by atoms with Crippen LogP contribution in [0.25, 0.3) is 0 Å². The van der Waals surface area contributed by atoms with Crippen molar-refractivity contribution in [2.45, 2.75) is 104 Å². The molecule has 4 saturated carbocycles. The van der Waals surface area contributed by atoms with Crippen molar-refractivity contribution in [3.8, 4) is 0 Å². The Labute approximate surface area is 207 Å². The van der Waals surface area contributed by atoms with Gasteiger partial charge in [-0.3, -0.25) is 0 Å². The van der Waals surface area contributed by atoms with Crippen molar-refractivity contribution in [1.82, 2.24) is 4.90 Å². The molecule has 0 aromatic rings. The third-order valence-electron chi connectivity index (χ3n) is 12.1. The van der Waals surface area contributed by atoms with Gasteiger partial charge in [0.25, 0.3) is 0 Å². The predicted molar refractivity (Wildman–Crippen MR) is 133 cm³/mol. The van der Waals surface area contributed by atoms with Crippen LogP contribution in [0.15, 0.2) is 0 Å². The minimum atomic E-state index is -0.227. The van der Waals surface area contributed by atoms with E-state index in [0.717, 1.165) is 51.6 Å². The summed E-state index contributed by atoms with van der Waals surface area (Å²) in [6.07, 6.45) is 10.4. The van der Waals surface area contributed by atoms with Gasteiger partial charge in [-0.1, -0.05) is 34.1 Å². The van der Waals surface area contributed by atoms with E-state index in [9.17, 15) is 15.0 Å². The molecule has 0 aromatic heterocycles. The Morgan fingerprint density at radius 3 is 2.41 bits per heavy atom. The summed E-state index contributed by atoms with van der Waals surface area (Å²) in [6, 6.07) is 0. The van der Waals surface area contributed by atoms with E-state index in [1.807, 2.05) is 0 Å². The van der Waals surface area contributed by atoms with Crippen molar-refractivity contribution in [2.75, 3.05) is 19.7 Å². The Morgan fingerprint density at radius 1 is 1.03 bits per heavy atom. The number of nitrogens with zero attached hydrogens (tertiary/aromatic N) is 1. The molecule has 1 unspecified atom stereocenters. The van der Waals surface area contributed by atoms with Crippen molar-refractivity contribution in [1.29, 1.82) is 0 Å². The molecule has 5 aliphatic rings. The van der Waals surface area contributed by atoms with Crippen molar-refractivity contribution >= 4 is 6.09 Å². The van der Waals surface area contributed by atoms with E-state index >= 15 is 0 Å². The molecule has 5 nitrogen and oxygen atoms in total. The lowest BCUT2D eigenvalue weighted by Gasteiger charge is -2.64. The van der Waals surface area contributed by atoms with E-state index in [2.05, 4.69) is 27.7 Å². The van der Waals surface area contributed by atoms with Gasteiger partial charge in [0.05, 0.1) is 18.8 Å². The molecule has 2 N–H and O–H groups in total. The molecular weight excluding hydrogens is 426 g/mol. The van der Waals surface area contributed by atoms with Crippen LogP contribution in [0.1, 0.15) is 91.9 Å². The Hall–Kier alpha value is -0.810. The Kier molecular flexibility index (Phi) is 6.76. The van der Waals surface area contributed by atoms with Gasteiger partial charge in [-0.25, -0.2) is 4.79 Å². The minimum absolute atomic E-state index is 0.134. The van der Waals surface area contributed by atoms with Gasteiger partial charge in [-0.15, -0.1) is 0 Å². The molecule has 1 amide bonds. The molecule has 11 atom stereocenters. The molecule has 34 heavy (non-hydrogen) atoms. The van der Waals surface area contributed by atoms with E-state index in [1.54, 1.807) is 4.90 Å². The maximum Gasteiger partial charge on any atom is 0.409 e. The molecule has 4 aliphatic carbocycles. The average Bonchev–Trinajstić information content (AvgIpc) is 3.11. The van der Waals surface area contributed by atoms with Gasteiger partial charge in [0.1, 0.15) is 0 Å². The summed E-state index contributed by atoms with van der Waals surface area (Å²) < 4.78 is 5.58. The average molecular weight is 476 g/mol. The maximum absolute atomic E-state index is 12.1. The molecule has 5 fully saturated rings. The van der Waals surface area contributed by atoms with Gasteiger partial charge < -0.3 is 19.8 Å². The summed E-state index contributed by atoms with van der Waals surface area (Å²) >= 11 is 0. The molecular formula is C29H49NO4. The number of ether oxygens (including phenoxy) is 1. The summed E-state index contributed by atoms with van der Waals surface area (Å²) in [7, 11) is 0. The fraction of sp³-hybridized carbons (Fsp3) is 0.966. The highest BCUT2D eigenvalue weighted by Gasteiger charge is 2.64. The monoisotopic (exact) mass is 475 g/mol. The summed E-state index contributed by atoms with van der Waals surface area (Å²) in [5.74, 6) is 3.55. The van der Waals surface area contributed by atoms with E-state index in [0.29, 0.717) is 48.0 Å². The quantitative estimate of drug-likeness (QED) is 0.552. The molecule has 194 valence electrons. The number of likely N-dealkylation sites (tertiary alicyclic amines) is 1. The number of fused-ring (bicyclic) bond motifs is 5. The van der Waals surface area contributed by atoms with E-state index < -0.39 is 0 Å². The first-order chi connectivity index (χ1) is 16.2. The zero-order valence-corrected chi connectivity index (χ0v) is 22.0. The number of carbonyl (C=O) groups is 1. The number of carbonyl (C=O) groups excluding carboxylic acids is 1. The molecule has 1 saturated heterocycles. The third kappa shape index (κ3) is 3.83. The van der Waals surface area contributed by atoms with Crippen molar-refractivity contribution < 1.29 is 19.7 Å². The molecule has 1 heterocycles. The van der Waals surface area contributed by atoms with Gasteiger partial charge in [-0.05, 0) is 110 Å². The Morgan fingerprint density at radius 2 is 1.74 bits per heavy atom. The number of amides is 1. The molecule has 0 radical (unpaired) electrons. The van der Waals surface area contributed by atoms with Crippen LogP contribution in [0.3, 0.4) is 0 Å². The highest BCUT2D eigenvalue weighted by molar-refractivity contribution is 5.68. The largest absolute Gasteiger partial charge is 0.449 e. The molecule has 5 rings (SSSR count). The molecule has 0 aromatic carbocycles. The van der Waals surface area contributed by atoms with Crippen molar-refractivity contribution in [3.63, 3.8) is 0 Å². The molecule has 0 spiro atoms. The Balaban J connectivity index is 1.30. The van der Waals surface area contributed by atoms with E-state index in [4.69, 9.17) is 4.74 Å². The van der Waals surface area contributed by atoms with Crippen LogP contribution in [0, 0.1) is 52.3 Å². The zero-order valence-electron chi connectivity index (χ0n) is 22.0. The molecule has 0 bridgehead atoms. The number of hydrogen-bond acceptors (Lipinski definition) is 4. The van der Waals surface area contributed by atoms with Crippen LogP contribution >= 0.6 is 0 Å². The topological polar surface area (TPSA) is 70.0 Å². The van der Waals surface area contributed by atoms with Gasteiger partial charge >= 0.3 is 6.09 Å². The van der Waals surface area contributed by atoms with Gasteiger partial charge in [0.2, 0.25) is 0 Å². The van der Waals surface area contributed by atoms with Gasteiger partial charge in [0.15, 0.2) is 0 Å². The second-order valence-electron chi connectivity index (χ2n) is 13.3. The number of hydrogen-bond donors (Lipinski definition) is 2. The lowest BCUT2D eigenvalue weighted by atomic mass is 9.41. The van der Waals surface area contributed by atoms with Crippen LogP contribution in [-0.2, 0) is 4.74 Å². The number of aliphatic hydroxyl groups excluding tert-OH is 2. The van der Waals surface area contributed by atoms with Crippen LogP contribution < -0.4 is 0 Å². The van der Waals surface area contributed by atoms with Crippen molar-refractivity contribution in [3.05, 3.63) is 0 Å². The minimum Gasteiger partial charge on any atom is -0.449 e. The van der Waals surface area contributed by atoms with E-state index in [-0.39, 0.29) is 29.1 Å². The predicted octanol–water partition coefficient (Wildman–Crippen LogP) is 5.48. The van der Waals surface area contributed by atoms with Crippen LogP contribution in [0.5, 0.6) is 0 Å². The summed E-state index contributed by atoms with van der Waals surface area (Å²) in [4.78, 5) is 13.9. The molecule has 1 aliphatic heterocycles. The second kappa shape index (κ2) is 9.25. The van der Waals surface area contributed by atoms with Gasteiger partial charge in [0, 0.05) is 13.1 Å². The highest BCUT2D eigenvalue weighted by Crippen LogP contribution is 2.69. The van der Waals surface area contributed by atoms with Crippen LogP contribution in [0.2, 0.25) is 0 Å².